The zero-order chi connectivity index (χ0) is 18.6. The van der Waals surface area contributed by atoms with Crippen LogP contribution in [0.15, 0.2) is 45.5 Å². The number of piperidine rings is 1. The van der Waals surface area contributed by atoms with Gasteiger partial charge in [-0.2, -0.15) is 11.3 Å². The van der Waals surface area contributed by atoms with Gasteiger partial charge in [0, 0.05) is 29.1 Å². The van der Waals surface area contributed by atoms with Crippen LogP contribution in [0.1, 0.15) is 24.7 Å². The molecule has 0 saturated carbocycles. The molecule has 3 aromatic rings. The molecule has 1 unspecified atom stereocenters. The molecule has 1 atom stereocenters. The second-order valence-corrected chi connectivity index (χ2v) is 7.60. The number of aromatic nitrogens is 2. The highest BCUT2D eigenvalue weighted by atomic mass is 35.5. The van der Waals surface area contributed by atoms with Crippen molar-refractivity contribution in [1.82, 2.24) is 15.1 Å². The van der Waals surface area contributed by atoms with Crippen molar-refractivity contribution in [3.63, 3.8) is 0 Å². The summed E-state index contributed by atoms with van der Waals surface area (Å²) in [5.74, 6) is 1.75. The largest absolute Gasteiger partial charge is 0.484 e. The fourth-order valence-electron chi connectivity index (χ4n) is 3.07. The Morgan fingerprint density at radius 2 is 2.15 bits per heavy atom. The standard InChI is InChI=1S/C19H18ClN3O3S/c20-15-3-5-16(6-4-15)25-11-17(24)23-8-1-2-13(10-23)18-21-22-19(26-18)14-7-9-27-12-14/h3-7,9,12-13H,1-2,8,10-11H2. The number of hydrogen-bond acceptors (Lipinski definition) is 6. The highest BCUT2D eigenvalue weighted by Gasteiger charge is 2.28. The zero-order valence-corrected chi connectivity index (χ0v) is 16.1. The summed E-state index contributed by atoms with van der Waals surface area (Å²) >= 11 is 7.44. The quantitative estimate of drug-likeness (QED) is 0.637. The molecule has 0 radical (unpaired) electrons. The fraction of sp³-hybridized carbons (Fsp3) is 0.316. The van der Waals surface area contributed by atoms with Gasteiger partial charge in [-0.1, -0.05) is 11.6 Å². The Morgan fingerprint density at radius 3 is 2.93 bits per heavy atom. The lowest BCUT2D eigenvalue weighted by Crippen LogP contribution is -2.41. The highest BCUT2D eigenvalue weighted by molar-refractivity contribution is 7.08. The summed E-state index contributed by atoms with van der Waals surface area (Å²) in [6, 6.07) is 8.92. The lowest BCUT2D eigenvalue weighted by Gasteiger charge is -2.31. The molecular formula is C19H18ClN3O3S. The Hall–Kier alpha value is -2.38. The van der Waals surface area contributed by atoms with Gasteiger partial charge in [0.2, 0.25) is 11.8 Å². The second-order valence-electron chi connectivity index (χ2n) is 6.38. The molecule has 1 amide bonds. The second kappa shape index (κ2) is 8.10. The van der Waals surface area contributed by atoms with E-state index in [2.05, 4.69) is 10.2 Å². The van der Waals surface area contributed by atoms with E-state index in [0.717, 1.165) is 18.4 Å². The van der Waals surface area contributed by atoms with Gasteiger partial charge in [0.05, 0.1) is 5.92 Å². The van der Waals surface area contributed by atoms with Crippen LogP contribution < -0.4 is 4.74 Å². The van der Waals surface area contributed by atoms with E-state index < -0.39 is 0 Å². The average molecular weight is 404 g/mol. The molecule has 6 nitrogen and oxygen atoms in total. The molecule has 1 aromatic carbocycles. The summed E-state index contributed by atoms with van der Waals surface area (Å²) in [5, 5.41) is 12.9. The van der Waals surface area contributed by atoms with Crippen LogP contribution in [0.5, 0.6) is 5.75 Å². The molecule has 0 spiro atoms. The molecule has 140 valence electrons. The van der Waals surface area contributed by atoms with Crippen molar-refractivity contribution in [2.45, 2.75) is 18.8 Å². The average Bonchev–Trinajstić information content (AvgIpc) is 3.39. The van der Waals surface area contributed by atoms with E-state index in [4.69, 9.17) is 20.8 Å². The highest BCUT2D eigenvalue weighted by Crippen LogP contribution is 2.29. The van der Waals surface area contributed by atoms with Gasteiger partial charge in [-0.3, -0.25) is 4.79 Å². The van der Waals surface area contributed by atoms with Gasteiger partial charge in [-0.15, -0.1) is 10.2 Å². The van der Waals surface area contributed by atoms with Crippen LogP contribution >= 0.6 is 22.9 Å². The molecule has 1 aliphatic heterocycles. The van der Waals surface area contributed by atoms with Crippen LogP contribution in [0.3, 0.4) is 0 Å². The number of carbonyl (C=O) groups excluding carboxylic acids is 1. The van der Waals surface area contributed by atoms with Crippen LogP contribution in [0.4, 0.5) is 0 Å². The van der Waals surface area contributed by atoms with Crippen molar-refractivity contribution in [1.29, 1.82) is 0 Å². The maximum absolute atomic E-state index is 12.5. The number of benzene rings is 1. The first-order valence-electron chi connectivity index (χ1n) is 8.71. The third kappa shape index (κ3) is 4.31. The Morgan fingerprint density at radius 1 is 1.30 bits per heavy atom. The van der Waals surface area contributed by atoms with E-state index in [9.17, 15) is 4.79 Å². The topological polar surface area (TPSA) is 68.5 Å². The molecule has 2 aromatic heterocycles. The zero-order valence-electron chi connectivity index (χ0n) is 14.5. The molecule has 0 aliphatic carbocycles. The summed E-state index contributed by atoms with van der Waals surface area (Å²) < 4.78 is 11.4. The van der Waals surface area contributed by atoms with Crippen molar-refractivity contribution in [2.75, 3.05) is 19.7 Å². The molecule has 8 heteroatoms. The maximum atomic E-state index is 12.5. The van der Waals surface area contributed by atoms with Gasteiger partial charge in [0.1, 0.15) is 5.75 Å². The molecule has 4 rings (SSSR count). The van der Waals surface area contributed by atoms with Gasteiger partial charge in [-0.05, 0) is 48.6 Å². The lowest BCUT2D eigenvalue weighted by molar-refractivity contribution is -0.134. The molecule has 1 aliphatic rings. The Kier molecular flexibility index (Phi) is 5.40. The summed E-state index contributed by atoms with van der Waals surface area (Å²) in [4.78, 5) is 14.3. The number of carbonyl (C=O) groups is 1. The van der Waals surface area contributed by atoms with Crippen LogP contribution in [0.25, 0.3) is 11.5 Å². The van der Waals surface area contributed by atoms with Crippen molar-refractivity contribution >= 4 is 28.8 Å². The van der Waals surface area contributed by atoms with Crippen LogP contribution in [0.2, 0.25) is 5.02 Å². The minimum atomic E-state index is -0.0489. The Bertz CT molecular complexity index is 895. The maximum Gasteiger partial charge on any atom is 0.260 e. The summed E-state index contributed by atoms with van der Waals surface area (Å²) in [5.41, 5.74) is 0.929. The minimum absolute atomic E-state index is 0.00165. The van der Waals surface area contributed by atoms with Crippen molar-refractivity contribution in [3.8, 4) is 17.2 Å². The normalized spacial score (nSPS) is 17.1. The summed E-state index contributed by atoms with van der Waals surface area (Å²) in [6.07, 6.45) is 1.82. The molecule has 27 heavy (non-hydrogen) atoms. The first kappa shape index (κ1) is 18.0. The molecule has 0 N–H and O–H groups in total. The molecule has 0 bridgehead atoms. The number of amides is 1. The summed E-state index contributed by atoms with van der Waals surface area (Å²) in [7, 11) is 0. The SMILES string of the molecule is O=C(COc1ccc(Cl)cc1)N1CCCC(c2nnc(-c3ccsc3)o2)C1. The summed E-state index contributed by atoms with van der Waals surface area (Å²) in [6.45, 7) is 1.28. The number of thiophene rings is 1. The monoisotopic (exact) mass is 403 g/mol. The number of halogens is 1. The first-order valence-corrected chi connectivity index (χ1v) is 10.0. The number of hydrogen-bond donors (Lipinski definition) is 0. The van der Waals surface area contributed by atoms with E-state index in [1.807, 2.05) is 16.8 Å². The Labute approximate surface area is 165 Å². The van der Waals surface area contributed by atoms with Gasteiger partial charge in [-0.25, -0.2) is 0 Å². The number of nitrogens with zero attached hydrogens (tertiary/aromatic N) is 3. The number of rotatable bonds is 5. The third-order valence-electron chi connectivity index (χ3n) is 4.51. The molecular weight excluding hydrogens is 386 g/mol. The molecule has 1 saturated heterocycles. The van der Waals surface area contributed by atoms with E-state index in [-0.39, 0.29) is 18.4 Å². The number of likely N-dealkylation sites (tertiary alicyclic amines) is 1. The van der Waals surface area contributed by atoms with E-state index in [1.165, 1.54) is 0 Å². The van der Waals surface area contributed by atoms with Crippen LogP contribution in [0, 0.1) is 0 Å². The molecule has 3 heterocycles. The van der Waals surface area contributed by atoms with Gasteiger partial charge >= 0.3 is 0 Å². The smallest absolute Gasteiger partial charge is 0.260 e. The van der Waals surface area contributed by atoms with Crippen LogP contribution in [-0.2, 0) is 4.79 Å². The van der Waals surface area contributed by atoms with E-state index in [1.54, 1.807) is 40.5 Å². The number of ether oxygens (including phenoxy) is 1. The lowest BCUT2D eigenvalue weighted by atomic mass is 9.98. The van der Waals surface area contributed by atoms with E-state index >= 15 is 0 Å². The minimum Gasteiger partial charge on any atom is -0.484 e. The predicted molar refractivity (Wildman–Crippen MR) is 103 cm³/mol. The molecule has 1 fully saturated rings. The fourth-order valence-corrected chi connectivity index (χ4v) is 3.83. The van der Waals surface area contributed by atoms with E-state index in [0.29, 0.717) is 35.6 Å². The van der Waals surface area contributed by atoms with Gasteiger partial charge in [0.25, 0.3) is 5.91 Å². The van der Waals surface area contributed by atoms with Crippen molar-refractivity contribution in [3.05, 3.63) is 52.0 Å². The van der Waals surface area contributed by atoms with Crippen molar-refractivity contribution in [2.24, 2.45) is 0 Å². The van der Waals surface area contributed by atoms with Gasteiger partial charge in [0.15, 0.2) is 6.61 Å². The third-order valence-corrected chi connectivity index (χ3v) is 5.44. The predicted octanol–water partition coefficient (Wildman–Crippen LogP) is 4.24. The van der Waals surface area contributed by atoms with Crippen molar-refractivity contribution < 1.29 is 13.9 Å². The first-order chi connectivity index (χ1) is 13.2. The Balaban J connectivity index is 1.36. The van der Waals surface area contributed by atoms with Crippen LogP contribution in [-0.4, -0.2) is 40.7 Å². The van der Waals surface area contributed by atoms with Gasteiger partial charge < -0.3 is 14.1 Å².